The number of benzene rings is 2. The van der Waals surface area contributed by atoms with E-state index in [1.807, 2.05) is 0 Å². The second-order valence-electron chi connectivity index (χ2n) is 4.83. The Hall–Kier alpha value is -3.28. The lowest BCUT2D eigenvalue weighted by atomic mass is 10.2. The van der Waals surface area contributed by atoms with Crippen molar-refractivity contribution in [2.75, 3.05) is 19.5 Å². The van der Waals surface area contributed by atoms with Crippen molar-refractivity contribution in [3.8, 4) is 11.5 Å². The highest BCUT2D eigenvalue weighted by atomic mass is 16.5. The molecule has 0 aromatic heterocycles. The lowest BCUT2D eigenvalue weighted by Gasteiger charge is -2.09. The standard InChI is InChI=1S/C18H19N3O3/c1-3-10-24-16-9-4-13(11-17(16)23-2)12-20-21-18(22)14-5-7-15(19)8-6-14/h3-9,11-12H,1,10,19H2,2H3,(H,21,22)/b20-12-. The average Bonchev–Trinajstić information content (AvgIpc) is 2.60. The van der Waals surface area contributed by atoms with Gasteiger partial charge in [-0.1, -0.05) is 12.7 Å². The number of nitrogen functional groups attached to an aromatic ring is 1. The fourth-order valence-electron chi connectivity index (χ4n) is 1.90. The number of nitrogens with zero attached hydrogens (tertiary/aromatic N) is 1. The molecule has 2 aromatic carbocycles. The van der Waals surface area contributed by atoms with E-state index in [1.54, 1.807) is 55.7 Å². The highest BCUT2D eigenvalue weighted by Gasteiger charge is 2.05. The van der Waals surface area contributed by atoms with E-state index in [0.717, 1.165) is 5.56 Å². The van der Waals surface area contributed by atoms with Crippen LogP contribution in [-0.2, 0) is 0 Å². The van der Waals surface area contributed by atoms with Gasteiger partial charge in [0.05, 0.1) is 13.3 Å². The summed E-state index contributed by atoms with van der Waals surface area (Å²) in [4.78, 5) is 11.9. The molecule has 0 bridgehead atoms. The molecule has 2 aromatic rings. The van der Waals surface area contributed by atoms with Crippen LogP contribution in [0.1, 0.15) is 15.9 Å². The zero-order valence-corrected chi connectivity index (χ0v) is 13.4. The summed E-state index contributed by atoms with van der Waals surface area (Å²) in [7, 11) is 1.56. The minimum absolute atomic E-state index is 0.316. The van der Waals surface area contributed by atoms with E-state index in [1.165, 1.54) is 6.21 Å². The zero-order chi connectivity index (χ0) is 17.4. The Balaban J connectivity index is 2.02. The fraction of sp³-hybridized carbons (Fsp3) is 0.111. The van der Waals surface area contributed by atoms with Crippen LogP contribution in [0, 0.1) is 0 Å². The maximum absolute atomic E-state index is 11.9. The number of hydrogen-bond donors (Lipinski definition) is 2. The largest absolute Gasteiger partial charge is 0.493 e. The maximum Gasteiger partial charge on any atom is 0.271 e. The quantitative estimate of drug-likeness (QED) is 0.355. The topological polar surface area (TPSA) is 85.9 Å². The number of carbonyl (C=O) groups excluding carboxylic acids is 1. The molecule has 124 valence electrons. The third-order valence-corrected chi connectivity index (χ3v) is 3.10. The highest BCUT2D eigenvalue weighted by molar-refractivity contribution is 5.95. The number of anilines is 1. The van der Waals surface area contributed by atoms with Crippen molar-refractivity contribution < 1.29 is 14.3 Å². The zero-order valence-electron chi connectivity index (χ0n) is 13.4. The van der Waals surface area contributed by atoms with Gasteiger partial charge >= 0.3 is 0 Å². The molecule has 0 fully saturated rings. The third kappa shape index (κ3) is 4.61. The molecule has 0 saturated heterocycles. The van der Waals surface area contributed by atoms with Crippen molar-refractivity contribution in [3.05, 3.63) is 66.2 Å². The van der Waals surface area contributed by atoms with E-state index < -0.39 is 0 Å². The molecule has 24 heavy (non-hydrogen) atoms. The second kappa shape index (κ2) is 8.38. The fourth-order valence-corrected chi connectivity index (χ4v) is 1.90. The summed E-state index contributed by atoms with van der Waals surface area (Å²) in [6.45, 7) is 3.99. The molecule has 0 saturated carbocycles. The lowest BCUT2D eigenvalue weighted by molar-refractivity contribution is 0.0955. The molecule has 6 nitrogen and oxygen atoms in total. The van der Waals surface area contributed by atoms with Crippen molar-refractivity contribution in [3.63, 3.8) is 0 Å². The molecule has 0 aliphatic rings. The van der Waals surface area contributed by atoms with E-state index >= 15 is 0 Å². The van der Waals surface area contributed by atoms with Gasteiger partial charge in [0.2, 0.25) is 0 Å². The van der Waals surface area contributed by atoms with E-state index in [4.69, 9.17) is 15.2 Å². The average molecular weight is 325 g/mol. The van der Waals surface area contributed by atoms with E-state index in [0.29, 0.717) is 29.4 Å². The summed E-state index contributed by atoms with van der Waals surface area (Å²) in [6.07, 6.45) is 3.18. The van der Waals surface area contributed by atoms with Crippen LogP contribution in [0.3, 0.4) is 0 Å². The monoisotopic (exact) mass is 325 g/mol. The van der Waals surface area contributed by atoms with Crippen molar-refractivity contribution >= 4 is 17.8 Å². The number of nitrogens with one attached hydrogen (secondary N) is 1. The first-order valence-corrected chi connectivity index (χ1v) is 7.24. The summed E-state index contributed by atoms with van der Waals surface area (Å²) in [5.41, 5.74) is 9.88. The van der Waals surface area contributed by atoms with Crippen LogP contribution in [-0.4, -0.2) is 25.8 Å². The Morgan fingerprint density at radius 3 is 2.67 bits per heavy atom. The molecule has 6 heteroatoms. The molecule has 0 spiro atoms. The van der Waals surface area contributed by atoms with Gasteiger partial charge in [-0.15, -0.1) is 0 Å². The van der Waals surface area contributed by atoms with Crippen LogP contribution in [0.25, 0.3) is 0 Å². The minimum atomic E-state index is -0.316. The molecular weight excluding hydrogens is 306 g/mol. The molecule has 0 aliphatic heterocycles. The molecule has 1 amide bonds. The highest BCUT2D eigenvalue weighted by Crippen LogP contribution is 2.27. The van der Waals surface area contributed by atoms with Gasteiger partial charge in [0, 0.05) is 11.3 Å². The second-order valence-corrected chi connectivity index (χ2v) is 4.83. The van der Waals surface area contributed by atoms with Gasteiger partial charge in [-0.25, -0.2) is 5.43 Å². The van der Waals surface area contributed by atoms with Crippen LogP contribution < -0.4 is 20.6 Å². The Kier molecular flexibility index (Phi) is 5.96. The van der Waals surface area contributed by atoms with Crippen molar-refractivity contribution in [1.29, 1.82) is 0 Å². The van der Waals surface area contributed by atoms with Crippen LogP contribution in [0.5, 0.6) is 11.5 Å². The number of hydrazone groups is 1. The van der Waals surface area contributed by atoms with Crippen LogP contribution in [0.15, 0.2) is 60.2 Å². The Morgan fingerprint density at radius 2 is 2.00 bits per heavy atom. The van der Waals surface area contributed by atoms with Gasteiger partial charge in [0.15, 0.2) is 11.5 Å². The summed E-state index contributed by atoms with van der Waals surface area (Å²) >= 11 is 0. The molecule has 0 aliphatic carbocycles. The van der Waals surface area contributed by atoms with Gasteiger partial charge in [0.25, 0.3) is 5.91 Å². The Bertz CT molecular complexity index is 740. The molecule has 0 unspecified atom stereocenters. The lowest BCUT2D eigenvalue weighted by Crippen LogP contribution is -2.17. The van der Waals surface area contributed by atoms with Crippen LogP contribution >= 0.6 is 0 Å². The molecular formula is C18H19N3O3. The molecule has 3 N–H and O–H groups in total. The number of amides is 1. The van der Waals surface area contributed by atoms with E-state index in [9.17, 15) is 4.79 Å². The summed E-state index contributed by atoms with van der Waals surface area (Å²) < 4.78 is 10.7. The molecule has 0 radical (unpaired) electrons. The summed E-state index contributed by atoms with van der Waals surface area (Å²) in [5.74, 6) is 0.871. The van der Waals surface area contributed by atoms with Gasteiger partial charge < -0.3 is 15.2 Å². The van der Waals surface area contributed by atoms with E-state index in [-0.39, 0.29) is 5.91 Å². The third-order valence-electron chi connectivity index (χ3n) is 3.10. The SMILES string of the molecule is C=CCOc1ccc(/C=N\NC(=O)c2ccc(N)cc2)cc1OC. The predicted molar refractivity (Wildman–Crippen MR) is 94.6 cm³/mol. The number of nitrogens with two attached hydrogens (primary N) is 1. The molecule has 0 heterocycles. The van der Waals surface area contributed by atoms with Gasteiger partial charge in [-0.05, 0) is 48.0 Å². The van der Waals surface area contributed by atoms with Gasteiger partial charge in [-0.2, -0.15) is 5.10 Å². The first-order valence-electron chi connectivity index (χ1n) is 7.24. The summed E-state index contributed by atoms with van der Waals surface area (Å²) in [6, 6.07) is 11.9. The van der Waals surface area contributed by atoms with E-state index in [2.05, 4.69) is 17.1 Å². The van der Waals surface area contributed by atoms with Crippen LogP contribution in [0.4, 0.5) is 5.69 Å². The van der Waals surface area contributed by atoms with Crippen molar-refractivity contribution in [2.45, 2.75) is 0 Å². The van der Waals surface area contributed by atoms with Crippen molar-refractivity contribution in [1.82, 2.24) is 5.43 Å². The number of carbonyl (C=O) groups is 1. The predicted octanol–water partition coefficient (Wildman–Crippen LogP) is 2.61. The normalized spacial score (nSPS) is 10.4. The smallest absolute Gasteiger partial charge is 0.271 e. The molecule has 0 atom stereocenters. The Morgan fingerprint density at radius 1 is 1.25 bits per heavy atom. The van der Waals surface area contributed by atoms with Gasteiger partial charge in [0.1, 0.15) is 6.61 Å². The first-order chi connectivity index (χ1) is 11.6. The van der Waals surface area contributed by atoms with Crippen molar-refractivity contribution in [2.24, 2.45) is 5.10 Å². The minimum Gasteiger partial charge on any atom is -0.493 e. The summed E-state index contributed by atoms with van der Waals surface area (Å²) in [5, 5.41) is 3.94. The number of rotatable bonds is 7. The Labute approximate surface area is 140 Å². The first kappa shape index (κ1) is 17.1. The number of ether oxygens (including phenoxy) is 2. The number of hydrogen-bond acceptors (Lipinski definition) is 5. The van der Waals surface area contributed by atoms with Crippen LogP contribution in [0.2, 0.25) is 0 Å². The molecule has 2 rings (SSSR count). The number of methoxy groups -OCH3 is 1. The van der Waals surface area contributed by atoms with Gasteiger partial charge in [-0.3, -0.25) is 4.79 Å². The maximum atomic E-state index is 11.9.